The van der Waals surface area contributed by atoms with Gasteiger partial charge in [-0.2, -0.15) is 0 Å². The lowest BCUT2D eigenvalue weighted by Gasteiger charge is -2.09. The van der Waals surface area contributed by atoms with Gasteiger partial charge in [0.05, 0.1) is 6.54 Å². The van der Waals surface area contributed by atoms with Gasteiger partial charge in [0, 0.05) is 16.1 Å². The van der Waals surface area contributed by atoms with Gasteiger partial charge in [0.25, 0.3) is 0 Å². The van der Waals surface area contributed by atoms with Crippen LogP contribution in [0.2, 0.25) is 0 Å². The molecule has 2 rings (SSSR count). The van der Waals surface area contributed by atoms with E-state index in [9.17, 15) is 9.90 Å². The van der Waals surface area contributed by atoms with E-state index in [1.165, 1.54) is 0 Å². The maximum Gasteiger partial charge on any atom is 0.234 e. The van der Waals surface area contributed by atoms with Crippen molar-refractivity contribution in [2.75, 3.05) is 20.1 Å². The van der Waals surface area contributed by atoms with E-state index < -0.39 is 6.10 Å². The summed E-state index contributed by atoms with van der Waals surface area (Å²) in [6, 6.07) is 9.95. The summed E-state index contributed by atoms with van der Waals surface area (Å²) >= 11 is 1.55. The van der Waals surface area contributed by atoms with Crippen LogP contribution in [0.3, 0.4) is 0 Å². The Kier molecular flexibility index (Phi) is 6.24. The van der Waals surface area contributed by atoms with E-state index in [1.54, 1.807) is 18.4 Å². The molecule has 1 unspecified atom stereocenters. The van der Waals surface area contributed by atoms with Crippen molar-refractivity contribution in [2.24, 2.45) is 0 Å². The number of thiophene rings is 1. The molecule has 2 aromatic rings. The molecule has 0 bridgehead atoms. The van der Waals surface area contributed by atoms with Gasteiger partial charge in [-0.15, -0.1) is 23.7 Å². The predicted octanol–water partition coefficient (Wildman–Crippen LogP) is 1.69. The van der Waals surface area contributed by atoms with Crippen LogP contribution in [0.25, 0.3) is 10.1 Å². The van der Waals surface area contributed by atoms with Crippen molar-refractivity contribution < 1.29 is 9.90 Å². The summed E-state index contributed by atoms with van der Waals surface area (Å²) in [5.74, 6) is -0.113. The molecule has 1 aromatic carbocycles. The van der Waals surface area contributed by atoms with E-state index in [1.807, 2.05) is 30.3 Å². The van der Waals surface area contributed by atoms with Gasteiger partial charge in [-0.3, -0.25) is 4.79 Å². The number of carbonyl (C=O) groups excluding carboxylic acids is 1. The summed E-state index contributed by atoms with van der Waals surface area (Å²) in [5, 5.41) is 16.6. The number of fused-ring (bicyclic) bond motifs is 1. The molecule has 0 saturated carbocycles. The van der Waals surface area contributed by atoms with Gasteiger partial charge in [-0.1, -0.05) is 18.2 Å². The second-order valence-electron chi connectivity index (χ2n) is 4.04. The third kappa shape index (κ3) is 4.18. The highest BCUT2D eigenvalue weighted by Crippen LogP contribution is 2.29. The van der Waals surface area contributed by atoms with Gasteiger partial charge in [-0.05, 0) is 24.6 Å². The third-order valence-electron chi connectivity index (χ3n) is 2.60. The molecule has 1 amide bonds. The Morgan fingerprint density at radius 3 is 2.84 bits per heavy atom. The van der Waals surface area contributed by atoms with E-state index in [-0.39, 0.29) is 31.4 Å². The van der Waals surface area contributed by atoms with Crippen LogP contribution < -0.4 is 10.6 Å². The maximum absolute atomic E-state index is 11.3. The summed E-state index contributed by atoms with van der Waals surface area (Å²) in [5.41, 5.74) is 0. The zero-order chi connectivity index (χ0) is 13.0. The molecular weight excluding hydrogens is 284 g/mol. The van der Waals surface area contributed by atoms with Crippen molar-refractivity contribution in [3.63, 3.8) is 0 Å². The minimum Gasteiger partial charge on any atom is -0.386 e. The molecule has 0 aliphatic carbocycles. The van der Waals surface area contributed by atoms with E-state index in [2.05, 4.69) is 10.6 Å². The summed E-state index contributed by atoms with van der Waals surface area (Å²) < 4.78 is 1.15. The molecule has 0 radical (unpaired) electrons. The number of hydrogen-bond donors (Lipinski definition) is 3. The van der Waals surface area contributed by atoms with Crippen LogP contribution in [-0.4, -0.2) is 31.2 Å². The predicted molar refractivity (Wildman–Crippen MR) is 81.0 cm³/mol. The van der Waals surface area contributed by atoms with E-state index in [0.717, 1.165) is 15.0 Å². The van der Waals surface area contributed by atoms with Gasteiger partial charge in [0.15, 0.2) is 0 Å². The molecule has 0 spiro atoms. The van der Waals surface area contributed by atoms with Crippen molar-refractivity contribution in [3.05, 3.63) is 35.2 Å². The highest BCUT2D eigenvalue weighted by molar-refractivity contribution is 7.19. The lowest BCUT2D eigenvalue weighted by Crippen LogP contribution is -2.34. The molecule has 0 aliphatic rings. The van der Waals surface area contributed by atoms with Crippen molar-refractivity contribution in [1.29, 1.82) is 0 Å². The van der Waals surface area contributed by atoms with Crippen LogP contribution in [0.4, 0.5) is 0 Å². The Labute approximate surface area is 122 Å². The van der Waals surface area contributed by atoms with Gasteiger partial charge in [0.1, 0.15) is 6.10 Å². The van der Waals surface area contributed by atoms with Crippen LogP contribution >= 0.6 is 23.7 Å². The first-order valence-corrected chi connectivity index (χ1v) is 6.60. The van der Waals surface area contributed by atoms with Gasteiger partial charge in [-0.25, -0.2) is 0 Å². The highest BCUT2D eigenvalue weighted by Gasteiger charge is 2.12. The van der Waals surface area contributed by atoms with Gasteiger partial charge < -0.3 is 15.7 Å². The molecule has 0 aliphatic heterocycles. The number of carbonyl (C=O) groups is 1. The summed E-state index contributed by atoms with van der Waals surface area (Å²) in [4.78, 5) is 12.1. The van der Waals surface area contributed by atoms with E-state index in [0.29, 0.717) is 0 Å². The Morgan fingerprint density at radius 2 is 2.16 bits per heavy atom. The van der Waals surface area contributed by atoms with Crippen molar-refractivity contribution in [3.8, 4) is 0 Å². The molecule has 1 heterocycles. The Hall–Kier alpha value is -1.14. The van der Waals surface area contributed by atoms with Crippen LogP contribution in [0.15, 0.2) is 30.3 Å². The maximum atomic E-state index is 11.3. The number of amides is 1. The number of halogens is 1. The second kappa shape index (κ2) is 7.45. The lowest BCUT2D eigenvalue weighted by molar-refractivity contribution is -0.120. The molecule has 0 saturated heterocycles. The first-order valence-electron chi connectivity index (χ1n) is 5.78. The Balaban J connectivity index is 0.00000180. The fourth-order valence-electron chi connectivity index (χ4n) is 1.70. The number of benzene rings is 1. The van der Waals surface area contributed by atoms with Gasteiger partial charge in [0.2, 0.25) is 5.91 Å². The summed E-state index contributed by atoms with van der Waals surface area (Å²) in [6.45, 7) is 0.506. The van der Waals surface area contributed by atoms with E-state index >= 15 is 0 Å². The van der Waals surface area contributed by atoms with Crippen molar-refractivity contribution >= 4 is 39.7 Å². The zero-order valence-corrected chi connectivity index (χ0v) is 12.2. The SMILES string of the molecule is CNCC(=O)NCC(O)c1cc2ccccc2s1.Cl. The summed E-state index contributed by atoms with van der Waals surface area (Å²) in [7, 11) is 1.71. The topological polar surface area (TPSA) is 61.4 Å². The first kappa shape index (κ1) is 15.9. The molecule has 19 heavy (non-hydrogen) atoms. The zero-order valence-electron chi connectivity index (χ0n) is 10.6. The number of likely N-dealkylation sites (N-methyl/N-ethyl adjacent to an activating group) is 1. The smallest absolute Gasteiger partial charge is 0.234 e. The second-order valence-corrected chi connectivity index (χ2v) is 5.15. The van der Waals surface area contributed by atoms with Crippen LogP contribution in [0.5, 0.6) is 0 Å². The first-order chi connectivity index (χ1) is 8.70. The molecule has 1 aromatic heterocycles. The quantitative estimate of drug-likeness (QED) is 0.787. The number of rotatable bonds is 5. The van der Waals surface area contributed by atoms with Crippen LogP contribution in [0, 0.1) is 0 Å². The number of aliphatic hydroxyl groups excluding tert-OH is 1. The highest BCUT2D eigenvalue weighted by atomic mass is 35.5. The standard InChI is InChI=1S/C13H16N2O2S.ClH/c1-14-8-13(17)15-7-10(16)12-6-9-4-2-3-5-11(9)18-12;/h2-6,10,14,16H,7-8H2,1H3,(H,15,17);1H. The van der Waals surface area contributed by atoms with Gasteiger partial charge >= 0.3 is 0 Å². The minimum absolute atomic E-state index is 0. The van der Waals surface area contributed by atoms with Crippen LogP contribution in [0.1, 0.15) is 11.0 Å². The fourth-order valence-corrected chi connectivity index (χ4v) is 2.75. The summed E-state index contributed by atoms with van der Waals surface area (Å²) in [6.07, 6.45) is -0.650. The number of aliphatic hydroxyl groups is 1. The normalized spacial score (nSPS) is 11.9. The molecular formula is C13H17ClN2O2S. The molecule has 1 atom stereocenters. The van der Waals surface area contributed by atoms with Crippen LogP contribution in [-0.2, 0) is 4.79 Å². The lowest BCUT2D eigenvalue weighted by atomic mass is 10.2. The average molecular weight is 301 g/mol. The molecule has 104 valence electrons. The Morgan fingerprint density at radius 1 is 1.42 bits per heavy atom. The average Bonchev–Trinajstić information content (AvgIpc) is 2.80. The minimum atomic E-state index is -0.650. The fraction of sp³-hybridized carbons (Fsp3) is 0.308. The number of nitrogens with one attached hydrogen (secondary N) is 2. The molecule has 6 heteroatoms. The Bertz CT molecular complexity index is 511. The molecule has 3 N–H and O–H groups in total. The van der Waals surface area contributed by atoms with E-state index in [4.69, 9.17) is 0 Å². The monoisotopic (exact) mass is 300 g/mol. The molecule has 4 nitrogen and oxygen atoms in total. The third-order valence-corrected chi connectivity index (χ3v) is 3.82. The van der Waals surface area contributed by atoms with Crippen molar-refractivity contribution in [1.82, 2.24) is 10.6 Å². The largest absolute Gasteiger partial charge is 0.386 e. The van der Waals surface area contributed by atoms with Crippen molar-refractivity contribution in [2.45, 2.75) is 6.10 Å². The molecule has 0 fully saturated rings. The number of hydrogen-bond acceptors (Lipinski definition) is 4.